The van der Waals surface area contributed by atoms with Crippen molar-refractivity contribution in [3.05, 3.63) is 54.3 Å². The minimum Gasteiger partial charge on any atom is -0.471 e. The summed E-state index contributed by atoms with van der Waals surface area (Å²) in [5, 5.41) is 42.6. The molecule has 40 heavy (non-hydrogen) atoms. The van der Waals surface area contributed by atoms with E-state index in [1.54, 1.807) is 24.3 Å². The largest absolute Gasteiger partial charge is 0.471 e. The molecule has 0 saturated carbocycles. The number of piperidine rings is 1. The maximum absolute atomic E-state index is 13.5. The van der Waals surface area contributed by atoms with Crippen LogP contribution in [0.25, 0.3) is 0 Å². The summed E-state index contributed by atoms with van der Waals surface area (Å²) in [7, 11) is 1.40. The highest BCUT2D eigenvalue weighted by atomic mass is 16.8. The number of nitrogens with zero attached hydrogens (tertiary/aromatic N) is 1. The van der Waals surface area contributed by atoms with Crippen molar-refractivity contribution in [2.45, 2.75) is 55.4 Å². The average molecular weight is 561 g/mol. The van der Waals surface area contributed by atoms with Gasteiger partial charge < -0.3 is 44.7 Å². The van der Waals surface area contributed by atoms with Gasteiger partial charge in [0.15, 0.2) is 11.9 Å². The number of carbonyl (C=O) groups is 3. The van der Waals surface area contributed by atoms with Crippen molar-refractivity contribution in [3.8, 4) is 0 Å². The molecule has 4 aliphatic rings. The highest BCUT2D eigenvalue weighted by molar-refractivity contribution is 6.08. The van der Waals surface area contributed by atoms with Crippen LogP contribution in [0.2, 0.25) is 0 Å². The van der Waals surface area contributed by atoms with Crippen LogP contribution >= 0.6 is 0 Å². The Labute approximate surface area is 229 Å². The zero-order valence-electron chi connectivity index (χ0n) is 21.7. The zero-order chi connectivity index (χ0) is 28.8. The molecule has 1 aromatic rings. The highest BCUT2D eigenvalue weighted by Crippen LogP contribution is 2.43. The maximum Gasteiger partial charge on any atom is 0.261 e. The van der Waals surface area contributed by atoms with Gasteiger partial charge in [-0.15, -0.1) is 6.58 Å². The van der Waals surface area contributed by atoms with Crippen molar-refractivity contribution in [3.63, 3.8) is 0 Å². The molecule has 9 atom stereocenters. The molecule has 2 saturated heterocycles. The molecule has 5 rings (SSSR count). The molecule has 4 heterocycles. The van der Waals surface area contributed by atoms with E-state index < -0.39 is 72.9 Å². The van der Waals surface area contributed by atoms with Gasteiger partial charge in [-0.05, 0) is 6.07 Å². The van der Waals surface area contributed by atoms with Gasteiger partial charge in [-0.1, -0.05) is 24.3 Å². The summed E-state index contributed by atoms with van der Waals surface area (Å²) in [4.78, 5) is 40.6. The second-order valence-electron chi connectivity index (χ2n) is 10.2. The molecule has 2 fully saturated rings. The predicted octanol–water partition coefficient (Wildman–Crippen LogP) is -0.895. The second-order valence-corrected chi connectivity index (χ2v) is 10.2. The number of aliphatic hydroxyl groups is 4. The topological polar surface area (TPSA) is 184 Å². The van der Waals surface area contributed by atoms with Crippen molar-refractivity contribution in [2.24, 2.45) is 11.8 Å². The van der Waals surface area contributed by atoms with E-state index in [-0.39, 0.29) is 30.9 Å². The first kappa shape index (κ1) is 28.4. The molecular weight excluding hydrogens is 528 g/mol. The number of amides is 3. The van der Waals surface area contributed by atoms with Gasteiger partial charge >= 0.3 is 0 Å². The normalized spacial score (nSPS) is 37.3. The monoisotopic (exact) mass is 560 g/mol. The van der Waals surface area contributed by atoms with E-state index in [0.717, 1.165) is 4.90 Å². The number of carbonyl (C=O) groups excluding carboxylic acids is 3. The summed E-state index contributed by atoms with van der Waals surface area (Å²) in [6.07, 6.45) is -6.09. The molecule has 0 aliphatic carbocycles. The van der Waals surface area contributed by atoms with Crippen LogP contribution in [0.15, 0.2) is 48.8 Å². The summed E-state index contributed by atoms with van der Waals surface area (Å²) < 4.78 is 22.5. The van der Waals surface area contributed by atoms with E-state index in [0.29, 0.717) is 11.3 Å². The maximum atomic E-state index is 13.5. The van der Waals surface area contributed by atoms with Gasteiger partial charge in [-0.2, -0.15) is 0 Å². The standard InChI is InChI=1S/C27H32N2O11/c1-3-13-14-10-19(31)29(9-8-27(37-2)16-6-4-5-7-17(16)28-26(27)36)23(35)15(14)12-38-24(13)40-25-22(34)21(33)20(32)18(11-30)39-25/h3-7,12-14,18,20-22,24-25,30,32-34H,1,8-11H2,2H3,(H,28,36)/t13-,14+,18-,20-,21+,22-,24+,25+,27-/m1/s1. The van der Waals surface area contributed by atoms with Gasteiger partial charge in [0, 0.05) is 49.6 Å². The van der Waals surface area contributed by atoms with Crippen LogP contribution < -0.4 is 5.32 Å². The third-order valence-electron chi connectivity index (χ3n) is 8.10. The number of methoxy groups -OCH3 is 1. The Balaban J connectivity index is 1.31. The van der Waals surface area contributed by atoms with Crippen LogP contribution in [0.5, 0.6) is 0 Å². The molecule has 0 aromatic heterocycles. The summed E-state index contributed by atoms with van der Waals surface area (Å²) in [5.74, 6) is -2.82. The zero-order valence-corrected chi connectivity index (χ0v) is 21.7. The van der Waals surface area contributed by atoms with Crippen molar-refractivity contribution in [1.82, 2.24) is 4.90 Å². The van der Waals surface area contributed by atoms with Gasteiger partial charge in [0.1, 0.15) is 24.4 Å². The number of fused-ring (bicyclic) bond motifs is 2. The average Bonchev–Trinajstić information content (AvgIpc) is 3.24. The molecule has 0 radical (unpaired) electrons. The lowest BCUT2D eigenvalue weighted by molar-refractivity contribution is -0.339. The smallest absolute Gasteiger partial charge is 0.261 e. The summed E-state index contributed by atoms with van der Waals surface area (Å²) in [5.41, 5.74) is 0.0751. The van der Waals surface area contributed by atoms with E-state index in [2.05, 4.69) is 11.9 Å². The number of anilines is 1. The number of hydrogen-bond donors (Lipinski definition) is 5. The third-order valence-corrected chi connectivity index (χ3v) is 8.10. The Hall–Kier alpha value is -3.17. The van der Waals surface area contributed by atoms with Crippen molar-refractivity contribution in [1.29, 1.82) is 0 Å². The number of benzene rings is 1. The summed E-state index contributed by atoms with van der Waals surface area (Å²) in [6, 6.07) is 7.06. The number of hydrogen-bond acceptors (Lipinski definition) is 11. The highest BCUT2D eigenvalue weighted by Gasteiger charge is 2.51. The molecule has 0 unspecified atom stereocenters. The van der Waals surface area contributed by atoms with Gasteiger partial charge in [-0.3, -0.25) is 19.3 Å². The lowest BCUT2D eigenvalue weighted by Crippen LogP contribution is -2.60. The van der Waals surface area contributed by atoms with E-state index in [1.807, 2.05) is 0 Å². The van der Waals surface area contributed by atoms with Gasteiger partial charge in [0.25, 0.3) is 11.8 Å². The quantitative estimate of drug-likeness (QED) is 0.196. The fourth-order valence-electron chi connectivity index (χ4n) is 5.79. The Kier molecular flexibility index (Phi) is 7.81. The third kappa shape index (κ3) is 4.53. The Morgan fingerprint density at radius 2 is 1.90 bits per heavy atom. The van der Waals surface area contributed by atoms with Gasteiger partial charge in [-0.25, -0.2) is 0 Å². The van der Waals surface area contributed by atoms with E-state index >= 15 is 0 Å². The van der Waals surface area contributed by atoms with E-state index in [9.17, 15) is 34.8 Å². The van der Waals surface area contributed by atoms with Crippen LogP contribution in [0.3, 0.4) is 0 Å². The Morgan fingerprint density at radius 3 is 2.60 bits per heavy atom. The van der Waals surface area contributed by atoms with Crippen molar-refractivity contribution in [2.75, 3.05) is 25.6 Å². The molecule has 5 N–H and O–H groups in total. The lowest BCUT2D eigenvalue weighted by Gasteiger charge is -2.44. The van der Waals surface area contributed by atoms with Crippen LogP contribution in [-0.4, -0.2) is 100 Å². The fourth-order valence-corrected chi connectivity index (χ4v) is 5.79. The van der Waals surface area contributed by atoms with E-state index in [4.69, 9.17) is 18.9 Å². The van der Waals surface area contributed by atoms with Crippen molar-refractivity contribution >= 4 is 23.4 Å². The number of likely N-dealkylation sites (tertiary alicyclic amines) is 1. The molecule has 13 heteroatoms. The second kappa shape index (κ2) is 11.0. The number of nitrogens with one attached hydrogen (secondary N) is 1. The summed E-state index contributed by atoms with van der Waals surface area (Å²) >= 11 is 0. The van der Waals surface area contributed by atoms with Crippen LogP contribution in [0, 0.1) is 11.8 Å². The van der Waals surface area contributed by atoms with Gasteiger partial charge in [0.2, 0.25) is 12.2 Å². The van der Waals surface area contributed by atoms with Crippen LogP contribution in [-0.2, 0) is 38.9 Å². The SMILES string of the molecule is C=C[C@H]1[C@H](O[C@@H]2O[C@H](CO)[C@@H](O)[C@H](O)[C@H]2O)OC=C2C(=O)N(CC[C@]3(OC)C(=O)Nc4ccccc43)C(=O)C[C@H]21. The molecule has 4 aliphatic heterocycles. The minimum atomic E-state index is -1.66. The fraction of sp³-hybridized carbons (Fsp3) is 0.519. The first-order valence-electron chi connectivity index (χ1n) is 12.9. The molecule has 216 valence electrons. The number of para-hydroxylation sites is 1. The predicted molar refractivity (Wildman–Crippen MR) is 135 cm³/mol. The number of aliphatic hydroxyl groups excluding tert-OH is 4. The first-order chi connectivity index (χ1) is 19.2. The lowest BCUT2D eigenvalue weighted by atomic mass is 9.78. The summed E-state index contributed by atoms with van der Waals surface area (Å²) in [6.45, 7) is 3.07. The molecule has 13 nitrogen and oxygen atoms in total. The molecule has 3 amide bonds. The van der Waals surface area contributed by atoms with Gasteiger partial charge in [0.05, 0.1) is 18.4 Å². The number of imide groups is 1. The van der Waals surface area contributed by atoms with Crippen LogP contribution in [0.1, 0.15) is 18.4 Å². The molecule has 1 aromatic carbocycles. The molecular formula is C27H32N2O11. The van der Waals surface area contributed by atoms with Crippen LogP contribution in [0.4, 0.5) is 5.69 Å². The molecule has 0 bridgehead atoms. The Bertz CT molecular complexity index is 1220. The van der Waals surface area contributed by atoms with E-state index in [1.165, 1.54) is 19.4 Å². The first-order valence-corrected chi connectivity index (χ1v) is 12.9. The Morgan fingerprint density at radius 1 is 1.15 bits per heavy atom. The number of ether oxygens (including phenoxy) is 4. The van der Waals surface area contributed by atoms with Crippen molar-refractivity contribution < 1.29 is 53.8 Å². The minimum absolute atomic E-state index is 0.0381. The number of rotatable bonds is 8. The molecule has 0 spiro atoms.